The molecule has 22 heavy (non-hydrogen) atoms. The van der Waals surface area contributed by atoms with Gasteiger partial charge in [0.15, 0.2) is 0 Å². The minimum absolute atomic E-state index is 0.129. The molecule has 3 rings (SSSR count). The van der Waals surface area contributed by atoms with Crippen LogP contribution in [0, 0.1) is 0 Å². The quantitative estimate of drug-likeness (QED) is 0.471. The molecule has 0 aliphatic heterocycles. The molecule has 6 nitrogen and oxygen atoms in total. The Morgan fingerprint density at radius 1 is 0.682 bits per heavy atom. The first-order valence-corrected chi connectivity index (χ1v) is 6.94. The second kappa shape index (κ2) is 5.08. The largest absolute Gasteiger partial charge is 0.508 e. The summed E-state index contributed by atoms with van der Waals surface area (Å²) in [4.78, 5) is 0. The molecule has 2 atom stereocenters. The van der Waals surface area contributed by atoms with Gasteiger partial charge in [-0.05, 0) is 24.3 Å². The summed E-state index contributed by atoms with van der Waals surface area (Å²) in [5.41, 5.74) is 2.52. The lowest BCUT2D eigenvalue weighted by atomic mass is 9.79. The van der Waals surface area contributed by atoms with Crippen LogP contribution in [0.5, 0.6) is 11.5 Å². The maximum Gasteiger partial charge on any atom is 0.122 e. The van der Waals surface area contributed by atoms with Crippen LogP contribution in [0.3, 0.4) is 0 Å². The summed E-state index contributed by atoms with van der Waals surface area (Å²) in [6.45, 7) is 0. The predicted octanol–water partition coefficient (Wildman–Crippen LogP) is 1.66. The van der Waals surface area contributed by atoms with Crippen LogP contribution in [0.2, 0.25) is 0 Å². The molecule has 0 radical (unpaired) electrons. The van der Waals surface area contributed by atoms with Gasteiger partial charge < -0.3 is 31.1 Å². The van der Waals surface area contributed by atoms with E-state index in [0.717, 1.165) is 0 Å². The first-order chi connectivity index (χ1) is 10.5. The Hall–Kier alpha value is -2.44. The van der Waals surface area contributed by atoms with Gasteiger partial charge in [0.2, 0.25) is 0 Å². The number of hydrogen-bond donors (Lipinski definition) is 6. The second-order valence-corrected chi connectivity index (χ2v) is 5.22. The standard InChI is InChI=1S/C16H18N2O4/c1-17-7-3-4-8(18-2)12-11(7)15(21)13-9(19)5-6-10(20)14(13)16(12)22/h3-6,15-22H,1-2H3/t15-,16+. The number of benzene rings is 2. The zero-order valence-corrected chi connectivity index (χ0v) is 12.3. The molecule has 2 aromatic carbocycles. The van der Waals surface area contributed by atoms with Crippen molar-refractivity contribution in [3.05, 3.63) is 46.5 Å². The lowest BCUT2D eigenvalue weighted by Crippen LogP contribution is -2.21. The van der Waals surface area contributed by atoms with Crippen LogP contribution in [0.1, 0.15) is 34.5 Å². The van der Waals surface area contributed by atoms with E-state index < -0.39 is 12.2 Å². The van der Waals surface area contributed by atoms with E-state index in [-0.39, 0.29) is 22.6 Å². The van der Waals surface area contributed by atoms with Crippen molar-refractivity contribution in [2.24, 2.45) is 0 Å². The van der Waals surface area contributed by atoms with Gasteiger partial charge in [0.05, 0.1) is 0 Å². The molecule has 0 saturated carbocycles. The van der Waals surface area contributed by atoms with Gasteiger partial charge in [0.1, 0.15) is 23.7 Å². The van der Waals surface area contributed by atoms with Crippen LogP contribution >= 0.6 is 0 Å². The molecule has 1 aliphatic rings. The fourth-order valence-electron chi connectivity index (χ4n) is 3.14. The molecule has 1 aliphatic carbocycles. The van der Waals surface area contributed by atoms with E-state index in [1.165, 1.54) is 12.1 Å². The number of nitrogens with one attached hydrogen (secondary N) is 2. The molecule has 6 N–H and O–H groups in total. The van der Waals surface area contributed by atoms with E-state index >= 15 is 0 Å². The molecule has 0 amide bonds. The Morgan fingerprint density at radius 2 is 1.05 bits per heavy atom. The third kappa shape index (κ3) is 1.81. The Balaban J connectivity index is 2.37. The molecule has 116 valence electrons. The van der Waals surface area contributed by atoms with E-state index in [2.05, 4.69) is 10.6 Å². The zero-order valence-electron chi connectivity index (χ0n) is 12.3. The first kappa shape index (κ1) is 14.5. The van der Waals surface area contributed by atoms with Crippen LogP contribution in [0.4, 0.5) is 11.4 Å². The van der Waals surface area contributed by atoms with Gasteiger partial charge in [-0.2, -0.15) is 0 Å². The third-order valence-electron chi connectivity index (χ3n) is 4.16. The van der Waals surface area contributed by atoms with Crippen molar-refractivity contribution in [3.8, 4) is 11.5 Å². The normalized spacial score (nSPS) is 19.3. The fourth-order valence-corrected chi connectivity index (χ4v) is 3.14. The third-order valence-corrected chi connectivity index (χ3v) is 4.16. The minimum Gasteiger partial charge on any atom is -0.508 e. The van der Waals surface area contributed by atoms with Gasteiger partial charge in [-0.25, -0.2) is 0 Å². The molecule has 0 aromatic heterocycles. The van der Waals surface area contributed by atoms with Crippen molar-refractivity contribution < 1.29 is 20.4 Å². The van der Waals surface area contributed by atoms with Crippen molar-refractivity contribution in [1.29, 1.82) is 0 Å². The summed E-state index contributed by atoms with van der Waals surface area (Å²) in [7, 11) is 3.43. The van der Waals surface area contributed by atoms with Crippen molar-refractivity contribution in [3.63, 3.8) is 0 Å². The van der Waals surface area contributed by atoms with Gasteiger partial charge >= 0.3 is 0 Å². The van der Waals surface area contributed by atoms with Gasteiger partial charge in [-0.15, -0.1) is 0 Å². The highest BCUT2D eigenvalue weighted by molar-refractivity contribution is 5.73. The van der Waals surface area contributed by atoms with Crippen LogP contribution < -0.4 is 10.6 Å². The summed E-state index contributed by atoms with van der Waals surface area (Å²) in [6, 6.07) is 6.17. The van der Waals surface area contributed by atoms with E-state index in [1.807, 2.05) is 0 Å². The van der Waals surface area contributed by atoms with E-state index in [0.29, 0.717) is 22.5 Å². The molecule has 0 bridgehead atoms. The molecule has 6 heteroatoms. The van der Waals surface area contributed by atoms with E-state index in [4.69, 9.17) is 0 Å². The summed E-state index contributed by atoms with van der Waals surface area (Å²) >= 11 is 0. The second-order valence-electron chi connectivity index (χ2n) is 5.22. The van der Waals surface area contributed by atoms with E-state index in [9.17, 15) is 20.4 Å². The maximum atomic E-state index is 10.7. The average Bonchev–Trinajstić information content (AvgIpc) is 2.53. The number of aliphatic hydroxyl groups is 2. The summed E-state index contributed by atoms with van der Waals surface area (Å²) < 4.78 is 0. The van der Waals surface area contributed by atoms with Crippen molar-refractivity contribution in [2.45, 2.75) is 12.2 Å². The average molecular weight is 302 g/mol. The topological polar surface area (TPSA) is 105 Å². The smallest absolute Gasteiger partial charge is 0.122 e. The molecular formula is C16H18N2O4. The molecule has 0 unspecified atom stereocenters. The maximum absolute atomic E-state index is 10.7. The van der Waals surface area contributed by atoms with Crippen LogP contribution in [0.15, 0.2) is 24.3 Å². The van der Waals surface area contributed by atoms with Gasteiger partial charge in [-0.1, -0.05) is 0 Å². The minimum atomic E-state index is -1.16. The Morgan fingerprint density at radius 3 is 1.36 bits per heavy atom. The lowest BCUT2D eigenvalue weighted by Gasteiger charge is -2.33. The highest BCUT2D eigenvalue weighted by atomic mass is 16.3. The number of phenols is 2. The number of phenolic OH excluding ortho intramolecular Hbond substituents is 2. The van der Waals surface area contributed by atoms with Crippen LogP contribution in [-0.2, 0) is 0 Å². The monoisotopic (exact) mass is 302 g/mol. The zero-order chi connectivity index (χ0) is 16.0. The highest BCUT2D eigenvalue weighted by Crippen LogP contribution is 2.51. The Bertz CT molecular complexity index is 683. The number of anilines is 2. The number of aromatic hydroxyl groups is 2. The number of aliphatic hydroxyl groups excluding tert-OH is 2. The van der Waals surface area contributed by atoms with Crippen molar-refractivity contribution in [1.82, 2.24) is 0 Å². The summed E-state index contributed by atoms with van der Waals surface area (Å²) in [5.74, 6) is -0.330. The first-order valence-electron chi connectivity index (χ1n) is 6.94. The van der Waals surface area contributed by atoms with Crippen molar-refractivity contribution in [2.75, 3.05) is 24.7 Å². The highest BCUT2D eigenvalue weighted by Gasteiger charge is 2.37. The van der Waals surface area contributed by atoms with E-state index in [1.54, 1.807) is 26.2 Å². The van der Waals surface area contributed by atoms with Gasteiger partial charge in [-0.3, -0.25) is 0 Å². The van der Waals surface area contributed by atoms with Crippen LogP contribution in [0.25, 0.3) is 0 Å². The predicted molar refractivity (Wildman–Crippen MR) is 83.4 cm³/mol. The van der Waals surface area contributed by atoms with Gasteiger partial charge in [0.25, 0.3) is 0 Å². The number of fused-ring (bicyclic) bond motifs is 2. The summed E-state index contributed by atoms with van der Waals surface area (Å²) in [6.07, 6.45) is -2.31. The lowest BCUT2D eigenvalue weighted by molar-refractivity contribution is 0.168. The fraction of sp³-hybridized carbons (Fsp3) is 0.250. The Kier molecular flexibility index (Phi) is 3.35. The van der Waals surface area contributed by atoms with Crippen molar-refractivity contribution >= 4 is 11.4 Å². The summed E-state index contributed by atoms with van der Waals surface area (Å²) in [5, 5.41) is 47.5. The Labute approximate surface area is 127 Å². The molecule has 0 fully saturated rings. The number of hydrogen-bond acceptors (Lipinski definition) is 6. The molecule has 0 saturated heterocycles. The van der Waals surface area contributed by atoms with Gasteiger partial charge in [0, 0.05) is 47.7 Å². The molecule has 0 heterocycles. The molecule has 2 aromatic rings. The number of rotatable bonds is 2. The molecule has 0 spiro atoms. The molecular weight excluding hydrogens is 284 g/mol. The SMILES string of the molecule is CNc1ccc(NC)c2c1[C@H](O)c1c(O)ccc(O)c1[C@@H]2O. The van der Waals surface area contributed by atoms with Crippen LogP contribution in [-0.4, -0.2) is 34.5 Å².